The summed E-state index contributed by atoms with van der Waals surface area (Å²) in [5, 5.41) is 27.5. The van der Waals surface area contributed by atoms with E-state index in [9.17, 15) is 19.8 Å². The summed E-state index contributed by atoms with van der Waals surface area (Å²) >= 11 is 0. The predicted molar refractivity (Wildman–Crippen MR) is 136 cm³/mol. The van der Waals surface area contributed by atoms with E-state index in [2.05, 4.69) is 10.4 Å². The van der Waals surface area contributed by atoms with Crippen molar-refractivity contribution in [3.8, 4) is 5.69 Å². The van der Waals surface area contributed by atoms with Crippen molar-refractivity contribution >= 4 is 17.7 Å². The molecule has 1 aromatic heterocycles. The number of rotatable bonds is 9. The van der Waals surface area contributed by atoms with Crippen LogP contribution in [0.25, 0.3) is 5.69 Å². The Morgan fingerprint density at radius 3 is 2.31 bits per heavy atom. The number of amides is 1. The van der Waals surface area contributed by atoms with Crippen LogP contribution in [0.15, 0.2) is 60.7 Å². The van der Waals surface area contributed by atoms with E-state index in [1.807, 2.05) is 94.2 Å². The van der Waals surface area contributed by atoms with Crippen LogP contribution in [0.2, 0.25) is 0 Å². The number of aryl methyl sites for hydroxylation is 1. The molecule has 8 heteroatoms. The third-order valence-corrected chi connectivity index (χ3v) is 6.01. The molecule has 1 heterocycles. The number of nitrogens with zero attached hydrogens (tertiary/aromatic N) is 3. The summed E-state index contributed by atoms with van der Waals surface area (Å²) in [4.78, 5) is 26.7. The SMILES string of the molecule is Cc1ccccc1[C@H](CC(=O)O)NC(=O)c1cc(N(C)C[C@@H](O)C(C)(C)C)n(-c2ccccc2)n1. The second kappa shape index (κ2) is 10.7. The largest absolute Gasteiger partial charge is 0.481 e. The van der Waals surface area contributed by atoms with E-state index in [1.54, 1.807) is 10.7 Å². The minimum Gasteiger partial charge on any atom is -0.481 e. The Labute approximate surface area is 206 Å². The number of aromatic nitrogens is 2. The lowest BCUT2D eigenvalue weighted by atomic mass is 9.89. The first-order chi connectivity index (χ1) is 16.5. The molecule has 0 spiro atoms. The Hall–Kier alpha value is -3.65. The summed E-state index contributed by atoms with van der Waals surface area (Å²) in [5.41, 5.74) is 2.25. The number of carboxylic acid groups (broad SMARTS) is 1. The normalized spacial score (nSPS) is 13.2. The van der Waals surface area contributed by atoms with Gasteiger partial charge in [-0.1, -0.05) is 63.2 Å². The zero-order chi connectivity index (χ0) is 25.8. The van der Waals surface area contributed by atoms with Gasteiger partial charge >= 0.3 is 5.97 Å². The highest BCUT2D eigenvalue weighted by atomic mass is 16.4. The number of hydrogen-bond donors (Lipinski definition) is 3. The predicted octanol–water partition coefficient (Wildman–Crippen LogP) is 3.97. The number of aliphatic hydroxyl groups is 1. The first-order valence-corrected chi connectivity index (χ1v) is 11.6. The van der Waals surface area contributed by atoms with Crippen LogP contribution in [-0.4, -0.2) is 51.6 Å². The van der Waals surface area contributed by atoms with Crippen LogP contribution in [0.1, 0.15) is 54.8 Å². The molecular weight excluding hydrogens is 444 g/mol. The molecule has 35 heavy (non-hydrogen) atoms. The van der Waals surface area contributed by atoms with Gasteiger partial charge in [-0.05, 0) is 35.6 Å². The molecule has 3 N–H and O–H groups in total. The molecule has 2 atom stereocenters. The average molecular weight is 479 g/mol. The standard InChI is InChI=1S/C27H34N4O4/c1-18-11-9-10-14-20(18)21(16-25(33)34)28-26(35)22-15-24(30(5)17-23(32)27(2,3)4)31(29-22)19-12-7-6-8-13-19/h6-15,21,23,32H,16-17H2,1-5H3,(H,28,35)(H,33,34)/t21-,23+/m0/s1. The molecule has 0 aliphatic heterocycles. The molecule has 0 fully saturated rings. The van der Waals surface area contributed by atoms with Gasteiger partial charge in [0.1, 0.15) is 5.82 Å². The zero-order valence-corrected chi connectivity index (χ0v) is 20.9. The van der Waals surface area contributed by atoms with Crippen molar-refractivity contribution in [1.82, 2.24) is 15.1 Å². The van der Waals surface area contributed by atoms with Crippen molar-refractivity contribution in [2.75, 3.05) is 18.5 Å². The van der Waals surface area contributed by atoms with Crippen LogP contribution in [0.3, 0.4) is 0 Å². The maximum atomic E-state index is 13.3. The fourth-order valence-corrected chi connectivity index (χ4v) is 3.76. The van der Waals surface area contributed by atoms with E-state index in [4.69, 9.17) is 0 Å². The fraction of sp³-hybridized carbons (Fsp3) is 0.370. The van der Waals surface area contributed by atoms with Gasteiger partial charge in [0.05, 0.1) is 24.3 Å². The number of carbonyl (C=O) groups is 2. The number of para-hydroxylation sites is 1. The molecule has 0 aliphatic rings. The minimum atomic E-state index is -1.01. The highest BCUT2D eigenvalue weighted by molar-refractivity contribution is 5.94. The van der Waals surface area contributed by atoms with Gasteiger partial charge in [0.15, 0.2) is 5.69 Å². The van der Waals surface area contributed by atoms with Crippen molar-refractivity contribution in [3.63, 3.8) is 0 Å². The van der Waals surface area contributed by atoms with E-state index in [0.29, 0.717) is 12.4 Å². The Morgan fingerprint density at radius 1 is 1.09 bits per heavy atom. The van der Waals surface area contributed by atoms with Crippen molar-refractivity contribution in [2.24, 2.45) is 5.41 Å². The Morgan fingerprint density at radius 2 is 1.71 bits per heavy atom. The zero-order valence-electron chi connectivity index (χ0n) is 20.9. The number of carbonyl (C=O) groups excluding carboxylic acids is 1. The summed E-state index contributed by atoms with van der Waals surface area (Å²) in [6.07, 6.45) is -0.856. The summed E-state index contributed by atoms with van der Waals surface area (Å²) in [6.45, 7) is 8.12. The van der Waals surface area contributed by atoms with Crippen LogP contribution in [0.5, 0.6) is 0 Å². The van der Waals surface area contributed by atoms with Crippen molar-refractivity contribution in [1.29, 1.82) is 0 Å². The molecule has 0 aliphatic carbocycles. The van der Waals surface area contributed by atoms with Crippen LogP contribution in [-0.2, 0) is 4.79 Å². The lowest BCUT2D eigenvalue weighted by Gasteiger charge is -2.30. The van der Waals surface area contributed by atoms with Gasteiger partial charge in [0, 0.05) is 19.7 Å². The highest BCUT2D eigenvalue weighted by Gasteiger charge is 2.27. The first kappa shape index (κ1) is 26.0. The number of aliphatic carboxylic acids is 1. The van der Waals surface area contributed by atoms with Gasteiger partial charge in [0.25, 0.3) is 5.91 Å². The Bertz CT molecular complexity index is 1170. The molecule has 3 aromatic rings. The number of carboxylic acids is 1. The Balaban J connectivity index is 1.95. The highest BCUT2D eigenvalue weighted by Crippen LogP contribution is 2.26. The van der Waals surface area contributed by atoms with Crippen molar-refractivity contribution < 1.29 is 19.8 Å². The van der Waals surface area contributed by atoms with E-state index in [-0.39, 0.29) is 17.5 Å². The molecule has 2 aromatic carbocycles. The summed E-state index contributed by atoms with van der Waals surface area (Å²) < 4.78 is 1.66. The Kier molecular flexibility index (Phi) is 7.96. The molecule has 1 amide bonds. The van der Waals surface area contributed by atoms with Crippen LogP contribution < -0.4 is 10.2 Å². The molecule has 0 saturated heterocycles. The number of likely N-dealkylation sites (N-methyl/N-ethyl adjacent to an activating group) is 1. The van der Waals surface area contributed by atoms with E-state index in [1.165, 1.54) is 0 Å². The minimum absolute atomic E-state index is 0.157. The first-order valence-electron chi connectivity index (χ1n) is 11.6. The average Bonchev–Trinajstić information content (AvgIpc) is 3.24. The van der Waals surface area contributed by atoms with Crippen molar-refractivity contribution in [3.05, 3.63) is 77.5 Å². The molecule has 0 bridgehead atoms. The lowest BCUT2D eigenvalue weighted by Crippen LogP contribution is -2.38. The quantitative estimate of drug-likeness (QED) is 0.430. The molecule has 8 nitrogen and oxygen atoms in total. The summed E-state index contributed by atoms with van der Waals surface area (Å²) in [5.74, 6) is -0.847. The van der Waals surface area contributed by atoms with Crippen LogP contribution in [0.4, 0.5) is 5.82 Å². The van der Waals surface area contributed by atoms with E-state index < -0.39 is 24.0 Å². The van der Waals surface area contributed by atoms with Gasteiger partial charge in [0.2, 0.25) is 0 Å². The van der Waals surface area contributed by atoms with Gasteiger partial charge in [-0.25, -0.2) is 4.68 Å². The summed E-state index contributed by atoms with van der Waals surface area (Å²) in [7, 11) is 1.84. The second-order valence-corrected chi connectivity index (χ2v) is 9.88. The molecule has 186 valence electrons. The smallest absolute Gasteiger partial charge is 0.305 e. The molecule has 3 rings (SSSR count). The number of nitrogens with one attached hydrogen (secondary N) is 1. The van der Waals surface area contributed by atoms with Crippen molar-refractivity contribution in [2.45, 2.75) is 46.3 Å². The number of benzene rings is 2. The third-order valence-electron chi connectivity index (χ3n) is 6.01. The monoisotopic (exact) mass is 478 g/mol. The lowest BCUT2D eigenvalue weighted by molar-refractivity contribution is -0.137. The fourth-order valence-electron chi connectivity index (χ4n) is 3.76. The number of hydrogen-bond acceptors (Lipinski definition) is 5. The number of aliphatic hydroxyl groups excluding tert-OH is 1. The molecular formula is C27H34N4O4. The third kappa shape index (κ3) is 6.48. The van der Waals surface area contributed by atoms with E-state index >= 15 is 0 Å². The topological polar surface area (TPSA) is 108 Å². The second-order valence-electron chi connectivity index (χ2n) is 9.88. The molecule has 0 radical (unpaired) electrons. The van der Waals surface area contributed by atoms with Crippen LogP contribution >= 0.6 is 0 Å². The number of anilines is 1. The molecule has 0 unspecified atom stereocenters. The van der Waals surface area contributed by atoms with Gasteiger partial charge in [-0.2, -0.15) is 5.10 Å². The van der Waals surface area contributed by atoms with Crippen LogP contribution in [0, 0.1) is 12.3 Å². The summed E-state index contributed by atoms with van der Waals surface area (Å²) in [6, 6.07) is 17.8. The maximum absolute atomic E-state index is 13.3. The van der Waals surface area contributed by atoms with E-state index in [0.717, 1.165) is 16.8 Å². The van der Waals surface area contributed by atoms with Gasteiger partial charge < -0.3 is 20.4 Å². The molecule has 0 saturated carbocycles. The van der Waals surface area contributed by atoms with Gasteiger partial charge in [-0.3, -0.25) is 9.59 Å². The maximum Gasteiger partial charge on any atom is 0.305 e. The van der Waals surface area contributed by atoms with Gasteiger partial charge in [-0.15, -0.1) is 0 Å².